The van der Waals surface area contributed by atoms with Gasteiger partial charge in [0.25, 0.3) is 0 Å². The van der Waals surface area contributed by atoms with Gasteiger partial charge in [0, 0.05) is 28.3 Å². The average molecular weight is 351 g/mol. The number of benzene rings is 1. The second kappa shape index (κ2) is 6.30. The summed E-state index contributed by atoms with van der Waals surface area (Å²) in [5.74, 6) is 0.0325. The van der Waals surface area contributed by atoms with Crippen molar-refractivity contribution in [3.63, 3.8) is 0 Å². The summed E-state index contributed by atoms with van der Waals surface area (Å²) in [6.07, 6.45) is 1.73. The second-order valence-electron chi connectivity index (χ2n) is 5.46. The molecule has 0 saturated heterocycles. The lowest BCUT2D eigenvalue weighted by Crippen LogP contribution is -2.36. The van der Waals surface area contributed by atoms with E-state index in [4.69, 9.17) is 11.5 Å². The highest BCUT2D eigenvalue weighted by Gasteiger charge is 2.16. The van der Waals surface area contributed by atoms with Gasteiger partial charge in [-0.05, 0) is 40.0 Å². The molecule has 112 valence electrons. The number of pyridine rings is 1. The van der Waals surface area contributed by atoms with Crippen LogP contribution >= 0.6 is 15.9 Å². The predicted molar refractivity (Wildman–Crippen MR) is 90.1 cm³/mol. The Morgan fingerprint density at radius 2 is 2.14 bits per heavy atom. The molecular weight excluding hydrogens is 332 g/mol. The molecule has 2 rings (SSSR count). The summed E-state index contributed by atoms with van der Waals surface area (Å²) < 4.78 is 0.865. The van der Waals surface area contributed by atoms with E-state index in [1.807, 2.05) is 23.1 Å². The summed E-state index contributed by atoms with van der Waals surface area (Å²) in [6.45, 7) is 5.07. The Morgan fingerprint density at radius 3 is 2.76 bits per heavy atom. The van der Waals surface area contributed by atoms with Gasteiger partial charge in [0.2, 0.25) is 5.91 Å². The molecule has 6 heteroatoms. The zero-order valence-electron chi connectivity index (χ0n) is 12.1. The first kappa shape index (κ1) is 15.6. The van der Waals surface area contributed by atoms with Gasteiger partial charge in [0.1, 0.15) is 0 Å². The van der Waals surface area contributed by atoms with Crippen LogP contribution in [0.5, 0.6) is 0 Å². The van der Waals surface area contributed by atoms with Gasteiger partial charge in [-0.3, -0.25) is 9.78 Å². The number of primary amides is 1. The van der Waals surface area contributed by atoms with Gasteiger partial charge < -0.3 is 16.4 Å². The molecule has 0 aliphatic carbocycles. The van der Waals surface area contributed by atoms with Crippen LogP contribution in [0.1, 0.15) is 13.8 Å². The first-order valence-electron chi connectivity index (χ1n) is 6.75. The molecule has 0 spiro atoms. The maximum atomic E-state index is 11.3. The van der Waals surface area contributed by atoms with Gasteiger partial charge in [0.05, 0.1) is 17.7 Å². The second-order valence-corrected chi connectivity index (χ2v) is 6.38. The van der Waals surface area contributed by atoms with Crippen LogP contribution in [0.15, 0.2) is 28.9 Å². The number of amides is 1. The van der Waals surface area contributed by atoms with Crippen molar-refractivity contribution in [1.82, 2.24) is 4.98 Å². The number of fused-ring (bicyclic) bond motifs is 1. The number of hydrogen-bond donors (Lipinski definition) is 2. The first-order chi connectivity index (χ1) is 9.88. The zero-order valence-corrected chi connectivity index (χ0v) is 13.7. The minimum atomic E-state index is -0.363. The molecule has 0 aliphatic heterocycles. The van der Waals surface area contributed by atoms with Gasteiger partial charge in [-0.2, -0.15) is 0 Å². The minimum Gasteiger partial charge on any atom is -0.398 e. The number of nitrogen functional groups attached to an aromatic ring is 1. The monoisotopic (exact) mass is 350 g/mol. The van der Waals surface area contributed by atoms with Crippen LogP contribution in [-0.2, 0) is 4.79 Å². The number of aromatic nitrogens is 1. The molecule has 0 atom stereocenters. The van der Waals surface area contributed by atoms with Crippen molar-refractivity contribution < 1.29 is 4.79 Å². The van der Waals surface area contributed by atoms with E-state index >= 15 is 0 Å². The van der Waals surface area contributed by atoms with Gasteiger partial charge in [-0.15, -0.1) is 0 Å². The van der Waals surface area contributed by atoms with E-state index in [1.54, 1.807) is 6.20 Å². The van der Waals surface area contributed by atoms with Crippen LogP contribution in [-0.4, -0.2) is 24.0 Å². The number of nitrogens with zero attached hydrogens (tertiary/aromatic N) is 2. The largest absolute Gasteiger partial charge is 0.398 e. The molecule has 1 heterocycles. The van der Waals surface area contributed by atoms with Gasteiger partial charge in [-0.25, -0.2) is 0 Å². The fraction of sp³-hybridized carbons (Fsp3) is 0.333. The lowest BCUT2D eigenvalue weighted by molar-refractivity contribution is -0.116. The van der Waals surface area contributed by atoms with Crippen LogP contribution < -0.4 is 16.4 Å². The number of anilines is 2. The molecule has 5 nitrogen and oxygen atoms in total. The average Bonchev–Trinajstić information content (AvgIpc) is 2.38. The SMILES string of the molecule is CC(C)CN(CC(N)=O)c1ccc(N)c2cc(Br)cnc12. The normalized spacial score (nSPS) is 11.0. The highest BCUT2D eigenvalue weighted by molar-refractivity contribution is 9.10. The van der Waals surface area contributed by atoms with Crippen molar-refractivity contribution in [2.24, 2.45) is 11.7 Å². The topological polar surface area (TPSA) is 85.2 Å². The Labute approximate surface area is 132 Å². The van der Waals surface area contributed by atoms with Crippen molar-refractivity contribution >= 4 is 44.1 Å². The molecule has 2 aromatic rings. The van der Waals surface area contributed by atoms with Crippen LogP contribution in [0.3, 0.4) is 0 Å². The molecule has 0 radical (unpaired) electrons. The minimum absolute atomic E-state index is 0.162. The third kappa shape index (κ3) is 3.64. The Balaban J connectivity index is 2.56. The molecule has 1 aromatic carbocycles. The zero-order chi connectivity index (χ0) is 15.6. The molecule has 0 unspecified atom stereocenters. The Bertz CT molecular complexity index is 672. The van der Waals surface area contributed by atoms with E-state index in [0.29, 0.717) is 11.6 Å². The number of rotatable bonds is 5. The highest BCUT2D eigenvalue weighted by atomic mass is 79.9. The summed E-state index contributed by atoms with van der Waals surface area (Å²) in [5, 5.41) is 0.861. The number of carbonyl (C=O) groups is 1. The van der Waals surface area contributed by atoms with Crippen LogP contribution in [0.2, 0.25) is 0 Å². The van der Waals surface area contributed by atoms with E-state index in [-0.39, 0.29) is 12.5 Å². The maximum Gasteiger partial charge on any atom is 0.236 e. The van der Waals surface area contributed by atoms with Gasteiger partial charge >= 0.3 is 0 Å². The Hall–Kier alpha value is -1.82. The fourth-order valence-corrected chi connectivity index (χ4v) is 2.66. The molecular formula is C15H19BrN4O. The summed E-state index contributed by atoms with van der Waals surface area (Å²) in [6, 6.07) is 5.66. The van der Waals surface area contributed by atoms with Crippen molar-refractivity contribution in [3.8, 4) is 0 Å². The van der Waals surface area contributed by atoms with E-state index < -0.39 is 0 Å². The van der Waals surface area contributed by atoms with Crippen molar-refractivity contribution in [2.45, 2.75) is 13.8 Å². The third-order valence-corrected chi connectivity index (χ3v) is 3.54. The van der Waals surface area contributed by atoms with Crippen molar-refractivity contribution in [2.75, 3.05) is 23.7 Å². The number of nitrogens with two attached hydrogens (primary N) is 2. The van der Waals surface area contributed by atoms with Crippen LogP contribution in [0, 0.1) is 5.92 Å². The van der Waals surface area contributed by atoms with E-state index in [1.165, 1.54) is 0 Å². The lowest BCUT2D eigenvalue weighted by atomic mass is 10.1. The number of carbonyl (C=O) groups excluding carboxylic acids is 1. The third-order valence-electron chi connectivity index (χ3n) is 3.10. The smallest absolute Gasteiger partial charge is 0.236 e. The molecule has 0 saturated carbocycles. The number of hydrogen-bond acceptors (Lipinski definition) is 4. The lowest BCUT2D eigenvalue weighted by Gasteiger charge is -2.26. The highest BCUT2D eigenvalue weighted by Crippen LogP contribution is 2.31. The maximum absolute atomic E-state index is 11.3. The Kier molecular flexibility index (Phi) is 4.67. The summed E-state index contributed by atoms with van der Waals surface area (Å²) in [4.78, 5) is 17.8. The molecule has 1 aromatic heterocycles. The van der Waals surface area contributed by atoms with Crippen molar-refractivity contribution in [3.05, 3.63) is 28.9 Å². The molecule has 0 fully saturated rings. The van der Waals surface area contributed by atoms with Crippen molar-refractivity contribution in [1.29, 1.82) is 0 Å². The molecule has 0 aliphatic rings. The van der Waals surface area contributed by atoms with Gasteiger partial charge in [-0.1, -0.05) is 13.8 Å². The predicted octanol–water partition coefficient (Wildman–Crippen LogP) is 2.53. The van der Waals surface area contributed by atoms with E-state index in [2.05, 4.69) is 34.8 Å². The standard InChI is InChI=1S/C15H19BrN4O/c1-9(2)7-20(8-14(18)21)13-4-3-12(17)11-5-10(16)6-19-15(11)13/h3-6,9H,7-8,17H2,1-2H3,(H2,18,21). The quantitative estimate of drug-likeness (QED) is 0.811. The van der Waals surface area contributed by atoms with E-state index in [9.17, 15) is 4.79 Å². The summed E-state index contributed by atoms with van der Waals surface area (Å²) in [5.41, 5.74) is 13.7. The van der Waals surface area contributed by atoms with Crippen LogP contribution in [0.4, 0.5) is 11.4 Å². The van der Waals surface area contributed by atoms with E-state index in [0.717, 1.165) is 27.6 Å². The first-order valence-corrected chi connectivity index (χ1v) is 7.54. The summed E-state index contributed by atoms with van der Waals surface area (Å²) >= 11 is 3.40. The Morgan fingerprint density at radius 1 is 1.43 bits per heavy atom. The molecule has 1 amide bonds. The number of halogens is 1. The molecule has 21 heavy (non-hydrogen) atoms. The van der Waals surface area contributed by atoms with Gasteiger partial charge in [0.15, 0.2) is 0 Å². The van der Waals surface area contributed by atoms with Crippen LogP contribution in [0.25, 0.3) is 10.9 Å². The summed E-state index contributed by atoms with van der Waals surface area (Å²) in [7, 11) is 0. The fourth-order valence-electron chi connectivity index (χ4n) is 2.33. The molecule has 0 bridgehead atoms. The molecule has 4 N–H and O–H groups in total.